The molecule has 0 saturated carbocycles. The van der Waals surface area contributed by atoms with E-state index in [-0.39, 0.29) is 0 Å². The molecule has 0 amide bonds. The van der Waals surface area contributed by atoms with E-state index >= 15 is 0 Å². The maximum Gasteiger partial charge on any atom is 0.226 e. The highest BCUT2D eigenvalue weighted by molar-refractivity contribution is 5.79. The first-order valence-electron chi connectivity index (χ1n) is 7.47. The maximum absolute atomic E-state index is 5.08. The third-order valence-electron chi connectivity index (χ3n) is 3.36. The predicted octanol–water partition coefficient (Wildman–Crippen LogP) is 1.98. The van der Waals surface area contributed by atoms with Crippen molar-refractivity contribution in [2.45, 2.75) is 33.2 Å². The number of benzene rings is 1. The topological polar surface area (TPSA) is 75.3 Å². The smallest absolute Gasteiger partial charge is 0.226 e. The number of aryl methyl sites for hydroxylation is 3. The first-order valence-corrected chi connectivity index (χ1v) is 7.47. The molecule has 6 heteroatoms. The summed E-state index contributed by atoms with van der Waals surface area (Å²) in [5.74, 6) is 2.16. The van der Waals surface area contributed by atoms with Crippen molar-refractivity contribution in [1.82, 2.24) is 20.8 Å². The lowest BCUT2D eigenvalue weighted by atomic mass is 10.1. The van der Waals surface area contributed by atoms with Gasteiger partial charge in [-0.25, -0.2) is 0 Å². The highest BCUT2D eigenvalue weighted by Crippen LogP contribution is 2.05. The molecular weight excluding hydrogens is 278 g/mol. The Morgan fingerprint density at radius 3 is 2.73 bits per heavy atom. The van der Waals surface area contributed by atoms with Crippen LogP contribution in [-0.4, -0.2) is 29.7 Å². The van der Waals surface area contributed by atoms with Gasteiger partial charge in [0, 0.05) is 26.6 Å². The van der Waals surface area contributed by atoms with E-state index in [1.807, 2.05) is 19.1 Å². The first kappa shape index (κ1) is 16.0. The van der Waals surface area contributed by atoms with Gasteiger partial charge in [-0.2, -0.15) is 4.98 Å². The molecule has 0 aliphatic heterocycles. The average molecular weight is 301 g/mol. The van der Waals surface area contributed by atoms with Gasteiger partial charge in [0.1, 0.15) is 0 Å². The quantitative estimate of drug-likeness (QED) is 0.485. The highest BCUT2D eigenvalue weighted by atomic mass is 16.5. The van der Waals surface area contributed by atoms with Crippen molar-refractivity contribution in [1.29, 1.82) is 0 Å². The van der Waals surface area contributed by atoms with Crippen molar-refractivity contribution in [3.63, 3.8) is 0 Å². The van der Waals surface area contributed by atoms with Crippen molar-refractivity contribution in [3.8, 4) is 0 Å². The molecule has 2 aromatic rings. The van der Waals surface area contributed by atoms with E-state index in [9.17, 15) is 0 Å². The molecule has 118 valence electrons. The SMILES string of the molecule is CN=C(NCCCc1nc(C)no1)NCc1ccccc1C. The number of nitrogens with zero attached hydrogens (tertiary/aromatic N) is 3. The zero-order chi connectivity index (χ0) is 15.8. The Morgan fingerprint density at radius 1 is 1.23 bits per heavy atom. The van der Waals surface area contributed by atoms with Gasteiger partial charge >= 0.3 is 0 Å². The third kappa shape index (κ3) is 4.87. The van der Waals surface area contributed by atoms with Crippen LogP contribution in [-0.2, 0) is 13.0 Å². The van der Waals surface area contributed by atoms with Crippen LogP contribution in [0, 0.1) is 13.8 Å². The maximum atomic E-state index is 5.08. The fourth-order valence-electron chi connectivity index (χ4n) is 2.10. The van der Waals surface area contributed by atoms with Crippen molar-refractivity contribution in [2.75, 3.05) is 13.6 Å². The lowest BCUT2D eigenvalue weighted by Crippen LogP contribution is -2.37. The van der Waals surface area contributed by atoms with Crippen LogP contribution in [0.1, 0.15) is 29.3 Å². The number of hydrogen-bond acceptors (Lipinski definition) is 4. The van der Waals surface area contributed by atoms with Gasteiger partial charge in [-0.3, -0.25) is 4.99 Å². The van der Waals surface area contributed by atoms with Crippen LogP contribution >= 0.6 is 0 Å². The average Bonchev–Trinajstić information content (AvgIpc) is 2.93. The van der Waals surface area contributed by atoms with E-state index in [0.717, 1.165) is 31.9 Å². The summed E-state index contributed by atoms with van der Waals surface area (Å²) in [7, 11) is 1.77. The first-order chi connectivity index (χ1) is 10.7. The van der Waals surface area contributed by atoms with E-state index in [2.05, 4.69) is 44.8 Å². The van der Waals surface area contributed by atoms with Crippen LogP contribution in [0.3, 0.4) is 0 Å². The molecule has 2 N–H and O–H groups in total. The third-order valence-corrected chi connectivity index (χ3v) is 3.36. The molecular formula is C16H23N5O. The van der Waals surface area contributed by atoms with Gasteiger partial charge in [0.05, 0.1) is 0 Å². The molecule has 6 nitrogen and oxygen atoms in total. The van der Waals surface area contributed by atoms with Crippen LogP contribution < -0.4 is 10.6 Å². The molecule has 0 aliphatic rings. The summed E-state index contributed by atoms with van der Waals surface area (Å²) < 4.78 is 5.08. The minimum absolute atomic E-state index is 0.679. The summed E-state index contributed by atoms with van der Waals surface area (Å²) in [6.45, 7) is 5.49. The molecule has 0 spiro atoms. The van der Waals surface area contributed by atoms with Gasteiger partial charge in [-0.05, 0) is 31.4 Å². The van der Waals surface area contributed by atoms with Crippen molar-refractivity contribution in [2.24, 2.45) is 4.99 Å². The van der Waals surface area contributed by atoms with Gasteiger partial charge < -0.3 is 15.2 Å². The number of aromatic nitrogens is 2. The monoisotopic (exact) mass is 301 g/mol. The molecule has 1 heterocycles. The summed E-state index contributed by atoms with van der Waals surface area (Å²) in [6.07, 6.45) is 1.68. The molecule has 22 heavy (non-hydrogen) atoms. The fraction of sp³-hybridized carbons (Fsp3) is 0.438. The van der Waals surface area contributed by atoms with Gasteiger partial charge in [-0.15, -0.1) is 0 Å². The lowest BCUT2D eigenvalue weighted by Gasteiger charge is -2.12. The molecule has 2 rings (SSSR count). The van der Waals surface area contributed by atoms with E-state index in [0.29, 0.717) is 11.7 Å². The normalized spacial score (nSPS) is 11.5. The number of aliphatic imine (C=N–C) groups is 1. The number of nitrogens with one attached hydrogen (secondary N) is 2. The number of rotatable bonds is 6. The van der Waals surface area contributed by atoms with E-state index < -0.39 is 0 Å². The van der Waals surface area contributed by atoms with E-state index in [1.165, 1.54) is 11.1 Å². The Labute approximate surface area is 131 Å². The minimum Gasteiger partial charge on any atom is -0.356 e. The Balaban J connectivity index is 1.70. The summed E-state index contributed by atoms with van der Waals surface area (Å²) in [5.41, 5.74) is 2.55. The second kappa shape index (κ2) is 8.17. The van der Waals surface area contributed by atoms with Crippen molar-refractivity contribution < 1.29 is 4.52 Å². The van der Waals surface area contributed by atoms with E-state index in [1.54, 1.807) is 7.05 Å². The van der Waals surface area contributed by atoms with Gasteiger partial charge in [-0.1, -0.05) is 29.4 Å². The lowest BCUT2D eigenvalue weighted by molar-refractivity contribution is 0.372. The fourth-order valence-corrected chi connectivity index (χ4v) is 2.10. The van der Waals surface area contributed by atoms with Crippen LogP contribution in [0.25, 0.3) is 0 Å². The molecule has 0 aliphatic carbocycles. The van der Waals surface area contributed by atoms with Crippen LogP contribution in [0.2, 0.25) is 0 Å². The minimum atomic E-state index is 0.679. The number of hydrogen-bond donors (Lipinski definition) is 2. The van der Waals surface area contributed by atoms with Gasteiger partial charge in [0.25, 0.3) is 0 Å². The Morgan fingerprint density at radius 2 is 2.05 bits per heavy atom. The van der Waals surface area contributed by atoms with Crippen LogP contribution in [0.4, 0.5) is 0 Å². The molecule has 0 atom stereocenters. The molecule has 0 saturated heterocycles. The molecule has 0 bridgehead atoms. The second-order valence-corrected chi connectivity index (χ2v) is 5.12. The molecule has 0 radical (unpaired) electrons. The number of guanidine groups is 1. The van der Waals surface area contributed by atoms with Crippen LogP contribution in [0.15, 0.2) is 33.8 Å². The molecule has 0 fully saturated rings. The molecule has 1 aromatic heterocycles. The predicted molar refractivity (Wildman–Crippen MR) is 86.7 cm³/mol. The summed E-state index contributed by atoms with van der Waals surface area (Å²) >= 11 is 0. The summed E-state index contributed by atoms with van der Waals surface area (Å²) in [6, 6.07) is 8.32. The zero-order valence-electron chi connectivity index (χ0n) is 13.4. The standard InChI is InChI=1S/C16H23N5O/c1-12-7-4-5-8-14(12)11-19-16(17-3)18-10-6-9-15-20-13(2)21-22-15/h4-5,7-8H,6,9-11H2,1-3H3,(H2,17,18,19). The summed E-state index contributed by atoms with van der Waals surface area (Å²) in [5, 5.41) is 10.4. The Bertz CT molecular complexity index is 621. The van der Waals surface area contributed by atoms with E-state index in [4.69, 9.17) is 4.52 Å². The highest BCUT2D eigenvalue weighted by Gasteiger charge is 2.03. The molecule has 1 aromatic carbocycles. The Kier molecular flexibility index (Phi) is 5.94. The van der Waals surface area contributed by atoms with Gasteiger partial charge in [0.15, 0.2) is 11.8 Å². The van der Waals surface area contributed by atoms with Crippen molar-refractivity contribution in [3.05, 3.63) is 47.1 Å². The Hall–Kier alpha value is -2.37. The zero-order valence-corrected chi connectivity index (χ0v) is 13.4. The molecule has 0 unspecified atom stereocenters. The summed E-state index contributed by atoms with van der Waals surface area (Å²) in [4.78, 5) is 8.41. The van der Waals surface area contributed by atoms with Gasteiger partial charge in [0.2, 0.25) is 5.89 Å². The van der Waals surface area contributed by atoms with Crippen molar-refractivity contribution >= 4 is 5.96 Å². The second-order valence-electron chi connectivity index (χ2n) is 5.12. The van der Waals surface area contributed by atoms with Crippen LogP contribution in [0.5, 0.6) is 0 Å². The largest absolute Gasteiger partial charge is 0.356 e.